The number of hydrogen-bond acceptors (Lipinski definition) is 6. The number of nitrogens with zero attached hydrogens (tertiary/aromatic N) is 4. The first-order valence-corrected chi connectivity index (χ1v) is 13.0. The normalized spacial score (nSPS) is 18.4. The van der Waals surface area contributed by atoms with Gasteiger partial charge in [0, 0.05) is 51.4 Å². The molecule has 2 aromatic carbocycles. The van der Waals surface area contributed by atoms with E-state index in [0.717, 1.165) is 23.7 Å². The van der Waals surface area contributed by atoms with Crippen molar-refractivity contribution in [3.8, 4) is 11.5 Å². The number of benzene rings is 2. The van der Waals surface area contributed by atoms with Crippen molar-refractivity contribution in [3.05, 3.63) is 78.1 Å². The van der Waals surface area contributed by atoms with Gasteiger partial charge in [-0.1, -0.05) is 26.0 Å². The van der Waals surface area contributed by atoms with Crippen molar-refractivity contribution < 1.29 is 23.8 Å². The molecule has 38 heavy (non-hydrogen) atoms. The first kappa shape index (κ1) is 27.6. The van der Waals surface area contributed by atoms with E-state index in [9.17, 15) is 14.3 Å². The Hall–Kier alpha value is -3.43. The van der Waals surface area contributed by atoms with Crippen LogP contribution in [-0.4, -0.2) is 75.4 Å². The fourth-order valence-electron chi connectivity index (χ4n) is 4.71. The molecule has 0 radical (unpaired) electrons. The van der Waals surface area contributed by atoms with Crippen molar-refractivity contribution >= 4 is 5.91 Å². The minimum atomic E-state index is -1.28. The number of amides is 1. The Kier molecular flexibility index (Phi) is 9.01. The highest BCUT2D eigenvalue weighted by Crippen LogP contribution is 2.21. The second-order valence-corrected chi connectivity index (χ2v) is 10.2. The van der Waals surface area contributed by atoms with Gasteiger partial charge in [-0.05, 0) is 42.0 Å². The number of ether oxygens (including phenoxy) is 2. The predicted molar refractivity (Wildman–Crippen MR) is 143 cm³/mol. The quantitative estimate of drug-likeness (QED) is 0.436. The lowest BCUT2D eigenvalue weighted by atomic mass is 10.0. The Bertz CT molecular complexity index is 1180. The third kappa shape index (κ3) is 7.55. The van der Waals surface area contributed by atoms with Crippen LogP contribution in [0, 0.1) is 5.82 Å². The minimum Gasteiger partial charge on any atom is -0.492 e. The lowest BCUT2D eigenvalue weighted by molar-refractivity contribution is -0.132. The third-order valence-corrected chi connectivity index (χ3v) is 6.65. The van der Waals surface area contributed by atoms with Crippen LogP contribution in [-0.2, 0) is 17.9 Å². The fraction of sp³-hybridized carbons (Fsp3) is 0.448. The molecule has 1 unspecified atom stereocenters. The summed E-state index contributed by atoms with van der Waals surface area (Å²) in [4.78, 5) is 20.3. The van der Waals surface area contributed by atoms with E-state index in [-0.39, 0.29) is 24.9 Å². The maximum Gasteiger partial charge on any atom is 0.219 e. The van der Waals surface area contributed by atoms with E-state index in [4.69, 9.17) is 9.47 Å². The topological polar surface area (TPSA) is 80.1 Å². The predicted octanol–water partition coefficient (Wildman–Crippen LogP) is 3.70. The number of rotatable bonds is 10. The van der Waals surface area contributed by atoms with Crippen LogP contribution in [0.2, 0.25) is 0 Å². The zero-order valence-electron chi connectivity index (χ0n) is 22.3. The average molecular weight is 525 g/mol. The fourth-order valence-corrected chi connectivity index (χ4v) is 4.71. The molecular formula is C29H37FN4O4. The molecule has 1 atom stereocenters. The molecule has 0 aliphatic carbocycles. The summed E-state index contributed by atoms with van der Waals surface area (Å²) in [5.41, 5.74) is -0.200. The molecule has 1 aliphatic heterocycles. The molecule has 8 nitrogen and oxygen atoms in total. The van der Waals surface area contributed by atoms with Crippen LogP contribution >= 0.6 is 0 Å². The molecule has 0 saturated carbocycles. The van der Waals surface area contributed by atoms with Crippen molar-refractivity contribution in [2.75, 3.05) is 39.4 Å². The van der Waals surface area contributed by atoms with Gasteiger partial charge in [0.05, 0.1) is 13.1 Å². The molecule has 3 aromatic rings. The van der Waals surface area contributed by atoms with E-state index >= 15 is 0 Å². The molecule has 204 valence electrons. The van der Waals surface area contributed by atoms with E-state index in [2.05, 4.69) is 28.3 Å². The van der Waals surface area contributed by atoms with Crippen LogP contribution < -0.4 is 9.47 Å². The van der Waals surface area contributed by atoms with Crippen molar-refractivity contribution in [2.45, 2.75) is 45.4 Å². The van der Waals surface area contributed by atoms with Gasteiger partial charge >= 0.3 is 0 Å². The Balaban J connectivity index is 1.34. The van der Waals surface area contributed by atoms with Gasteiger partial charge in [-0.25, -0.2) is 9.37 Å². The lowest BCUT2D eigenvalue weighted by Crippen LogP contribution is -2.51. The van der Waals surface area contributed by atoms with Gasteiger partial charge in [-0.2, -0.15) is 0 Å². The lowest BCUT2D eigenvalue weighted by Gasteiger charge is -2.32. The summed E-state index contributed by atoms with van der Waals surface area (Å²) in [6, 6.07) is 13.6. The second kappa shape index (κ2) is 12.4. The summed E-state index contributed by atoms with van der Waals surface area (Å²) in [5, 5.41) is 11.4. The number of hydrogen-bond donors (Lipinski definition) is 1. The highest BCUT2D eigenvalue weighted by molar-refractivity contribution is 5.73. The molecule has 2 heterocycles. The average Bonchev–Trinajstić information content (AvgIpc) is 3.29. The van der Waals surface area contributed by atoms with E-state index in [1.165, 1.54) is 31.2 Å². The second-order valence-electron chi connectivity index (χ2n) is 10.2. The number of β-amino-alcohol motifs (C(OH)–C–C–N with tert-alkyl or cyclic N) is 1. The minimum absolute atomic E-state index is 0.0128. The summed E-state index contributed by atoms with van der Waals surface area (Å²) in [6.45, 7) is 9.27. The number of carbonyl (C=O) groups excluding carboxylic acids is 1. The van der Waals surface area contributed by atoms with Crippen molar-refractivity contribution in [3.63, 3.8) is 0 Å². The van der Waals surface area contributed by atoms with Crippen LogP contribution in [0.4, 0.5) is 4.39 Å². The van der Waals surface area contributed by atoms with E-state index in [1.807, 2.05) is 36.7 Å². The monoisotopic (exact) mass is 524 g/mol. The molecule has 1 aliphatic rings. The highest BCUT2D eigenvalue weighted by Gasteiger charge is 2.36. The SMILES string of the molecule is CC(=O)N1CCN(Cc2ccc(OCCn3ccnc3C(C)C)cc2)CC(O)(COc2ccc(F)cc2)C1. The first-order chi connectivity index (χ1) is 18.2. The molecule has 1 amide bonds. The summed E-state index contributed by atoms with van der Waals surface area (Å²) in [7, 11) is 0. The van der Waals surface area contributed by atoms with E-state index in [0.29, 0.717) is 44.5 Å². The molecule has 9 heteroatoms. The van der Waals surface area contributed by atoms with Gasteiger partial charge in [-0.15, -0.1) is 0 Å². The van der Waals surface area contributed by atoms with Crippen molar-refractivity contribution in [1.82, 2.24) is 19.4 Å². The number of aliphatic hydroxyl groups is 1. The maximum atomic E-state index is 13.2. The third-order valence-electron chi connectivity index (χ3n) is 6.65. The Labute approximate surface area is 223 Å². The van der Waals surface area contributed by atoms with Crippen molar-refractivity contribution in [2.24, 2.45) is 0 Å². The summed E-state index contributed by atoms with van der Waals surface area (Å²) >= 11 is 0. The highest BCUT2D eigenvalue weighted by atomic mass is 19.1. The van der Waals surface area contributed by atoms with Gasteiger partial charge in [0.2, 0.25) is 5.91 Å². The Morgan fingerprint density at radius 2 is 1.74 bits per heavy atom. The molecule has 1 fully saturated rings. The maximum absolute atomic E-state index is 13.2. The van der Waals surface area contributed by atoms with Gasteiger partial charge in [0.1, 0.15) is 42.0 Å². The number of aromatic nitrogens is 2. The molecule has 0 bridgehead atoms. The zero-order valence-corrected chi connectivity index (χ0v) is 22.3. The van der Waals surface area contributed by atoms with Gasteiger partial charge in [0.25, 0.3) is 0 Å². The standard InChI is InChI=1S/C29H37FN4O4/c1-22(2)28-31-12-13-33(28)16-17-37-26-8-4-24(5-9-26)18-32-14-15-34(23(3)35)20-29(36,19-32)21-38-27-10-6-25(30)7-11-27/h4-13,22,36H,14-21H2,1-3H3. The van der Waals surface area contributed by atoms with E-state index in [1.54, 1.807) is 4.90 Å². The number of carbonyl (C=O) groups is 1. The molecule has 1 aromatic heterocycles. The van der Waals surface area contributed by atoms with Crippen molar-refractivity contribution in [1.29, 1.82) is 0 Å². The molecule has 4 rings (SSSR count). The summed E-state index contributed by atoms with van der Waals surface area (Å²) in [5.74, 6) is 2.22. The molecule has 0 spiro atoms. The summed E-state index contributed by atoms with van der Waals surface area (Å²) in [6.07, 6.45) is 3.79. The van der Waals surface area contributed by atoms with Crippen LogP contribution in [0.15, 0.2) is 60.9 Å². The smallest absolute Gasteiger partial charge is 0.219 e. The Morgan fingerprint density at radius 1 is 1.05 bits per heavy atom. The van der Waals surface area contributed by atoms with Gasteiger partial charge in [0.15, 0.2) is 0 Å². The van der Waals surface area contributed by atoms with E-state index < -0.39 is 5.60 Å². The van der Waals surface area contributed by atoms with Gasteiger partial charge in [-0.3, -0.25) is 9.69 Å². The van der Waals surface area contributed by atoms with Gasteiger partial charge < -0.3 is 24.0 Å². The summed E-state index contributed by atoms with van der Waals surface area (Å²) < 4.78 is 27.1. The Morgan fingerprint density at radius 3 is 2.42 bits per heavy atom. The largest absolute Gasteiger partial charge is 0.492 e. The van der Waals surface area contributed by atoms with Crippen LogP contribution in [0.25, 0.3) is 0 Å². The van der Waals surface area contributed by atoms with Crippen LogP contribution in [0.1, 0.15) is 38.1 Å². The zero-order chi connectivity index (χ0) is 27.1. The molecule has 1 N–H and O–H groups in total. The van der Waals surface area contributed by atoms with Crippen LogP contribution in [0.5, 0.6) is 11.5 Å². The number of halogens is 1. The van der Waals surface area contributed by atoms with Crippen LogP contribution in [0.3, 0.4) is 0 Å². The molecular weight excluding hydrogens is 487 g/mol. The first-order valence-electron chi connectivity index (χ1n) is 13.0. The number of imidazole rings is 1. The molecule has 1 saturated heterocycles.